The molecule has 138 valence electrons. The zero-order valence-corrected chi connectivity index (χ0v) is 17.1. The molecule has 0 bridgehead atoms. The van der Waals surface area contributed by atoms with Gasteiger partial charge in [0.05, 0.1) is 11.3 Å². The largest absolute Gasteiger partial charge is 0.308 e. The SMILES string of the molecule is CCN1C(=O)C(=c2sc3nc(-c4ccc(Br)cc4)nn3c2=O)c2ccccc21. The molecule has 0 saturated carbocycles. The summed E-state index contributed by atoms with van der Waals surface area (Å²) in [6, 6.07) is 15.1. The van der Waals surface area contributed by atoms with E-state index in [2.05, 4.69) is 26.0 Å². The van der Waals surface area contributed by atoms with E-state index in [4.69, 9.17) is 0 Å². The van der Waals surface area contributed by atoms with Gasteiger partial charge in [0.1, 0.15) is 4.53 Å². The molecule has 0 spiro atoms. The average Bonchev–Trinajstić information content (AvgIpc) is 3.33. The van der Waals surface area contributed by atoms with Crippen LogP contribution in [0.3, 0.4) is 0 Å². The van der Waals surface area contributed by atoms with Crippen molar-refractivity contribution in [2.45, 2.75) is 6.92 Å². The summed E-state index contributed by atoms with van der Waals surface area (Å²) in [5, 5.41) is 4.37. The molecule has 3 heterocycles. The molecule has 2 aromatic heterocycles. The van der Waals surface area contributed by atoms with Crippen molar-refractivity contribution in [3.8, 4) is 11.4 Å². The van der Waals surface area contributed by atoms with Crippen LogP contribution in [0.25, 0.3) is 21.9 Å². The first kappa shape index (κ1) is 17.3. The molecule has 0 N–H and O–H groups in total. The minimum absolute atomic E-state index is 0.154. The second kappa shape index (κ2) is 6.35. The number of rotatable bonds is 2. The van der Waals surface area contributed by atoms with Gasteiger partial charge < -0.3 is 4.90 Å². The molecule has 28 heavy (non-hydrogen) atoms. The predicted octanol–water partition coefficient (Wildman–Crippen LogP) is 2.86. The van der Waals surface area contributed by atoms with Crippen molar-refractivity contribution in [3.05, 3.63) is 73.5 Å². The van der Waals surface area contributed by atoms with Crippen LogP contribution in [0.4, 0.5) is 5.69 Å². The van der Waals surface area contributed by atoms with E-state index in [0.29, 0.717) is 27.4 Å². The van der Waals surface area contributed by atoms with E-state index in [0.717, 1.165) is 21.3 Å². The van der Waals surface area contributed by atoms with E-state index in [1.54, 1.807) is 4.90 Å². The van der Waals surface area contributed by atoms with E-state index in [9.17, 15) is 9.59 Å². The van der Waals surface area contributed by atoms with Crippen LogP contribution in [-0.2, 0) is 4.79 Å². The Kier molecular flexibility index (Phi) is 3.92. The lowest BCUT2D eigenvalue weighted by molar-refractivity contribution is -0.113. The van der Waals surface area contributed by atoms with Crippen LogP contribution in [0.2, 0.25) is 0 Å². The first-order valence-corrected chi connectivity index (χ1v) is 10.3. The van der Waals surface area contributed by atoms with Gasteiger partial charge in [-0.3, -0.25) is 9.59 Å². The quantitative estimate of drug-likeness (QED) is 0.468. The number of aromatic nitrogens is 3. The van der Waals surface area contributed by atoms with Crippen LogP contribution in [0, 0.1) is 0 Å². The number of nitrogens with zero attached hydrogens (tertiary/aromatic N) is 4. The van der Waals surface area contributed by atoms with Crippen LogP contribution in [0.5, 0.6) is 0 Å². The van der Waals surface area contributed by atoms with Crippen molar-refractivity contribution in [2.24, 2.45) is 0 Å². The van der Waals surface area contributed by atoms with Gasteiger partial charge in [-0.05, 0) is 25.1 Å². The third-order valence-electron chi connectivity index (χ3n) is 4.73. The van der Waals surface area contributed by atoms with Gasteiger partial charge in [0.15, 0.2) is 5.82 Å². The predicted molar refractivity (Wildman–Crippen MR) is 112 cm³/mol. The molecule has 0 atom stereocenters. The van der Waals surface area contributed by atoms with Gasteiger partial charge in [-0.15, -0.1) is 5.10 Å². The Labute approximate surface area is 171 Å². The molecule has 6 nitrogen and oxygen atoms in total. The zero-order valence-electron chi connectivity index (χ0n) is 14.7. The van der Waals surface area contributed by atoms with E-state index in [1.807, 2.05) is 55.5 Å². The lowest BCUT2D eigenvalue weighted by atomic mass is 10.1. The number of hydrogen-bond acceptors (Lipinski definition) is 5. The van der Waals surface area contributed by atoms with Crippen molar-refractivity contribution in [3.63, 3.8) is 0 Å². The molecule has 0 unspecified atom stereocenters. The Bertz CT molecular complexity index is 1360. The fraction of sp³-hybridized carbons (Fsp3) is 0.100. The van der Waals surface area contributed by atoms with Crippen LogP contribution in [0.15, 0.2) is 57.8 Å². The Morgan fingerprint density at radius 2 is 1.82 bits per heavy atom. The van der Waals surface area contributed by atoms with Crippen molar-refractivity contribution in [1.82, 2.24) is 14.6 Å². The number of amides is 1. The maximum atomic E-state index is 13.0. The van der Waals surface area contributed by atoms with Crippen molar-refractivity contribution in [2.75, 3.05) is 11.4 Å². The maximum absolute atomic E-state index is 13.0. The summed E-state index contributed by atoms with van der Waals surface area (Å²) in [5.41, 5.74) is 2.56. The Morgan fingerprint density at radius 1 is 1.07 bits per heavy atom. The molecule has 1 aliphatic heterocycles. The van der Waals surface area contributed by atoms with Gasteiger partial charge in [0.25, 0.3) is 11.5 Å². The molecule has 8 heteroatoms. The van der Waals surface area contributed by atoms with Gasteiger partial charge in [-0.2, -0.15) is 9.50 Å². The second-order valence-electron chi connectivity index (χ2n) is 6.31. The standard InChI is InChI=1S/C20H13BrN4O2S/c1-2-24-14-6-4-3-5-13(14)15(18(24)26)16-19(27)25-20(28-16)22-17(23-25)11-7-9-12(21)10-8-11/h3-10H,2H2,1H3. The molecule has 0 radical (unpaired) electrons. The molecule has 0 saturated heterocycles. The molecule has 0 aliphatic carbocycles. The molecular formula is C20H13BrN4O2S. The summed E-state index contributed by atoms with van der Waals surface area (Å²) in [7, 11) is 0. The molecule has 1 amide bonds. The van der Waals surface area contributed by atoms with E-state index in [1.165, 1.54) is 15.9 Å². The van der Waals surface area contributed by atoms with Crippen LogP contribution < -0.4 is 15.0 Å². The normalized spacial score (nSPS) is 15.5. The Balaban J connectivity index is 1.74. The van der Waals surface area contributed by atoms with Gasteiger partial charge >= 0.3 is 0 Å². The van der Waals surface area contributed by atoms with E-state index < -0.39 is 0 Å². The summed E-state index contributed by atoms with van der Waals surface area (Å²) >= 11 is 4.60. The number of thiazole rings is 1. The van der Waals surface area contributed by atoms with Crippen LogP contribution in [-0.4, -0.2) is 27.0 Å². The maximum Gasteiger partial charge on any atom is 0.291 e. The number of likely N-dealkylation sites (N-methyl/N-ethyl adjacent to an activating group) is 1. The number of carbonyl (C=O) groups excluding carboxylic acids is 1. The number of halogens is 1. The lowest BCUT2D eigenvalue weighted by Gasteiger charge is -2.13. The number of fused-ring (bicyclic) bond motifs is 2. The number of benzene rings is 2. The number of para-hydroxylation sites is 1. The van der Waals surface area contributed by atoms with Gasteiger partial charge in [-0.25, -0.2) is 0 Å². The molecule has 5 rings (SSSR count). The average molecular weight is 453 g/mol. The molecule has 1 aliphatic rings. The Morgan fingerprint density at radius 3 is 2.54 bits per heavy atom. The highest BCUT2D eigenvalue weighted by atomic mass is 79.9. The highest BCUT2D eigenvalue weighted by Gasteiger charge is 2.33. The van der Waals surface area contributed by atoms with Crippen LogP contribution >= 0.6 is 27.3 Å². The number of anilines is 1. The topological polar surface area (TPSA) is 67.6 Å². The zero-order chi connectivity index (χ0) is 19.4. The highest BCUT2D eigenvalue weighted by Crippen LogP contribution is 2.34. The third kappa shape index (κ3) is 2.45. The molecule has 2 aromatic carbocycles. The summed E-state index contributed by atoms with van der Waals surface area (Å²) in [6.07, 6.45) is 0. The first-order valence-electron chi connectivity index (χ1n) is 8.69. The van der Waals surface area contributed by atoms with Crippen LogP contribution in [0.1, 0.15) is 12.5 Å². The van der Waals surface area contributed by atoms with Gasteiger partial charge in [-0.1, -0.05) is 57.6 Å². The summed E-state index contributed by atoms with van der Waals surface area (Å²) < 4.78 is 2.62. The fourth-order valence-corrected chi connectivity index (χ4v) is 4.68. The first-order chi connectivity index (χ1) is 13.6. The fourth-order valence-electron chi connectivity index (χ4n) is 3.42. The second-order valence-corrected chi connectivity index (χ2v) is 8.21. The third-order valence-corrected chi connectivity index (χ3v) is 6.28. The van der Waals surface area contributed by atoms with E-state index >= 15 is 0 Å². The van der Waals surface area contributed by atoms with Gasteiger partial charge in [0.2, 0.25) is 4.96 Å². The monoisotopic (exact) mass is 452 g/mol. The smallest absolute Gasteiger partial charge is 0.291 e. The molecule has 0 fully saturated rings. The lowest BCUT2D eigenvalue weighted by Crippen LogP contribution is -2.32. The minimum Gasteiger partial charge on any atom is -0.308 e. The van der Waals surface area contributed by atoms with Gasteiger partial charge in [0, 0.05) is 22.1 Å². The molecular weight excluding hydrogens is 440 g/mol. The highest BCUT2D eigenvalue weighted by molar-refractivity contribution is 9.10. The number of hydrogen-bond donors (Lipinski definition) is 0. The summed E-state index contributed by atoms with van der Waals surface area (Å²) in [6.45, 7) is 2.46. The van der Waals surface area contributed by atoms with Crippen molar-refractivity contribution < 1.29 is 4.79 Å². The Hall–Kier alpha value is -2.84. The van der Waals surface area contributed by atoms with E-state index in [-0.39, 0.29) is 11.5 Å². The molecule has 4 aromatic rings. The summed E-state index contributed by atoms with van der Waals surface area (Å²) in [4.78, 5) is 32.7. The van der Waals surface area contributed by atoms with Crippen molar-refractivity contribution in [1.29, 1.82) is 0 Å². The summed E-state index contributed by atoms with van der Waals surface area (Å²) in [5.74, 6) is 0.333. The number of carbonyl (C=O) groups is 1. The van der Waals surface area contributed by atoms with Crippen molar-refractivity contribution >= 4 is 49.4 Å². The minimum atomic E-state index is -0.313.